The van der Waals surface area contributed by atoms with Crippen molar-refractivity contribution < 1.29 is 26.7 Å². The summed E-state index contributed by atoms with van der Waals surface area (Å²) in [6.45, 7) is 1.22. The fourth-order valence-corrected chi connectivity index (χ4v) is 6.61. The highest BCUT2D eigenvalue weighted by Gasteiger charge is 2.48. The van der Waals surface area contributed by atoms with Crippen LogP contribution in [-0.4, -0.2) is 84.4 Å². The SMILES string of the molecule is COc1cccc(Cl)c1C(=O)NCC1(N2CCN(S(=O)(=O)c3cn(C)cn3)CC2)CCC(F)(F)CC1. The van der Waals surface area contributed by atoms with Crippen LogP contribution in [0.3, 0.4) is 0 Å². The fraction of sp³-hybridized carbons (Fsp3) is 0.565. The Morgan fingerprint density at radius 2 is 1.83 bits per heavy atom. The first-order chi connectivity index (χ1) is 17.0. The zero-order valence-corrected chi connectivity index (χ0v) is 21.8. The van der Waals surface area contributed by atoms with Crippen molar-refractivity contribution in [3.63, 3.8) is 0 Å². The molecule has 2 aromatic rings. The molecule has 2 fully saturated rings. The van der Waals surface area contributed by atoms with Gasteiger partial charge >= 0.3 is 0 Å². The van der Waals surface area contributed by atoms with Crippen LogP contribution in [-0.2, 0) is 17.1 Å². The lowest BCUT2D eigenvalue weighted by Crippen LogP contribution is -2.63. The number of alkyl halides is 2. The van der Waals surface area contributed by atoms with Gasteiger partial charge in [-0.2, -0.15) is 4.31 Å². The van der Waals surface area contributed by atoms with Crippen LogP contribution < -0.4 is 10.1 Å². The van der Waals surface area contributed by atoms with Gasteiger partial charge in [0.15, 0.2) is 5.03 Å². The third-order valence-corrected chi connectivity index (χ3v) is 9.21. The van der Waals surface area contributed by atoms with Crippen molar-refractivity contribution in [2.75, 3.05) is 39.8 Å². The number of carbonyl (C=O) groups excluding carboxylic acids is 1. The number of imidazole rings is 1. The Morgan fingerprint density at radius 3 is 2.42 bits per heavy atom. The van der Waals surface area contributed by atoms with Crippen LogP contribution in [0.1, 0.15) is 36.0 Å². The van der Waals surface area contributed by atoms with Gasteiger partial charge in [0.2, 0.25) is 5.92 Å². The number of nitrogens with zero attached hydrogens (tertiary/aromatic N) is 4. The second kappa shape index (κ2) is 10.2. The Bertz CT molecular complexity index is 1200. The molecule has 1 aromatic carbocycles. The average molecular weight is 546 g/mol. The molecular weight excluding hydrogens is 516 g/mol. The van der Waals surface area contributed by atoms with E-state index < -0.39 is 27.4 Å². The molecule has 0 bridgehead atoms. The molecule has 2 aliphatic rings. The van der Waals surface area contributed by atoms with E-state index in [4.69, 9.17) is 16.3 Å². The van der Waals surface area contributed by atoms with Crippen LogP contribution >= 0.6 is 11.6 Å². The molecule has 1 N–H and O–H groups in total. The standard InChI is InChI=1S/C23H30ClF2N5O4S/c1-29-14-19(28-16-29)36(33,34)31-12-10-30(11-13-31)22(6-8-23(25,26)9-7-22)15-27-21(32)20-17(24)4-3-5-18(20)35-2/h3-5,14,16H,6-13,15H2,1-2H3,(H,27,32). The number of ether oxygens (including phenoxy) is 1. The Hall–Kier alpha value is -2.28. The van der Waals surface area contributed by atoms with Crippen LogP contribution in [0.25, 0.3) is 0 Å². The van der Waals surface area contributed by atoms with Gasteiger partial charge in [0, 0.05) is 64.3 Å². The van der Waals surface area contributed by atoms with Crippen molar-refractivity contribution >= 4 is 27.5 Å². The van der Waals surface area contributed by atoms with E-state index in [9.17, 15) is 22.0 Å². The molecule has 0 radical (unpaired) electrons. The summed E-state index contributed by atoms with van der Waals surface area (Å²) in [4.78, 5) is 19.1. The van der Waals surface area contributed by atoms with Gasteiger partial charge < -0.3 is 14.6 Å². The molecule has 13 heteroatoms. The zero-order valence-electron chi connectivity index (χ0n) is 20.2. The van der Waals surface area contributed by atoms with Crippen LogP contribution in [0.5, 0.6) is 5.75 Å². The fourth-order valence-electron chi connectivity index (χ4n) is 4.97. The number of aryl methyl sites for hydroxylation is 1. The minimum atomic E-state index is -3.75. The lowest BCUT2D eigenvalue weighted by Gasteiger charge is -2.50. The summed E-state index contributed by atoms with van der Waals surface area (Å²) in [5.74, 6) is -2.90. The summed E-state index contributed by atoms with van der Waals surface area (Å²) in [5.41, 5.74) is -0.545. The molecule has 4 rings (SSSR count). The maximum atomic E-state index is 14.1. The van der Waals surface area contributed by atoms with E-state index in [2.05, 4.69) is 10.3 Å². The van der Waals surface area contributed by atoms with Gasteiger partial charge in [-0.25, -0.2) is 22.2 Å². The zero-order chi connectivity index (χ0) is 26.1. The lowest BCUT2D eigenvalue weighted by molar-refractivity contribution is -0.0856. The number of hydrogen-bond donors (Lipinski definition) is 1. The van der Waals surface area contributed by atoms with E-state index in [1.54, 1.807) is 29.8 Å². The number of nitrogens with one attached hydrogen (secondary N) is 1. The first-order valence-corrected chi connectivity index (χ1v) is 13.5. The molecule has 0 spiro atoms. The van der Waals surface area contributed by atoms with Gasteiger partial charge in [-0.15, -0.1) is 0 Å². The Kier molecular flexibility index (Phi) is 7.61. The molecule has 1 amide bonds. The lowest BCUT2D eigenvalue weighted by atomic mass is 9.78. The predicted octanol–water partition coefficient (Wildman–Crippen LogP) is 2.77. The molecule has 198 valence electrons. The first-order valence-electron chi connectivity index (χ1n) is 11.7. The van der Waals surface area contributed by atoms with Crippen molar-refractivity contribution in [3.8, 4) is 5.75 Å². The highest BCUT2D eigenvalue weighted by molar-refractivity contribution is 7.89. The molecule has 2 heterocycles. The number of sulfonamides is 1. The van der Waals surface area contributed by atoms with Gasteiger partial charge in [-0.3, -0.25) is 9.69 Å². The summed E-state index contributed by atoms with van der Waals surface area (Å²) in [7, 11) is -0.622. The maximum Gasteiger partial charge on any atom is 0.262 e. The van der Waals surface area contributed by atoms with Crippen LogP contribution in [0.15, 0.2) is 35.7 Å². The number of amides is 1. The van der Waals surface area contributed by atoms with Gasteiger partial charge in [-0.1, -0.05) is 17.7 Å². The smallest absolute Gasteiger partial charge is 0.262 e. The van der Waals surface area contributed by atoms with E-state index in [0.717, 1.165) is 0 Å². The van der Waals surface area contributed by atoms with Crippen LogP contribution in [0, 0.1) is 0 Å². The van der Waals surface area contributed by atoms with E-state index in [1.807, 2.05) is 4.90 Å². The maximum absolute atomic E-state index is 14.1. The minimum Gasteiger partial charge on any atom is -0.496 e. The number of halogens is 3. The predicted molar refractivity (Wildman–Crippen MR) is 130 cm³/mol. The highest BCUT2D eigenvalue weighted by atomic mass is 35.5. The average Bonchev–Trinajstić information content (AvgIpc) is 3.30. The molecular formula is C23H30ClF2N5O4S. The third-order valence-electron chi connectivity index (χ3n) is 7.11. The van der Waals surface area contributed by atoms with Crippen molar-refractivity contribution in [2.45, 2.75) is 42.2 Å². The summed E-state index contributed by atoms with van der Waals surface area (Å²) < 4.78 is 62.3. The number of rotatable bonds is 7. The molecule has 1 saturated heterocycles. The van der Waals surface area contributed by atoms with E-state index >= 15 is 0 Å². The Morgan fingerprint density at radius 1 is 1.17 bits per heavy atom. The van der Waals surface area contributed by atoms with E-state index in [1.165, 1.54) is 23.9 Å². The van der Waals surface area contributed by atoms with Crippen LogP contribution in [0.2, 0.25) is 5.02 Å². The molecule has 1 aromatic heterocycles. The molecule has 1 aliphatic heterocycles. The molecule has 0 atom stereocenters. The number of carbonyl (C=O) groups is 1. The summed E-state index contributed by atoms with van der Waals surface area (Å²) >= 11 is 6.24. The summed E-state index contributed by atoms with van der Waals surface area (Å²) in [6, 6.07) is 4.87. The second-order valence-corrected chi connectivity index (χ2v) is 11.6. The first kappa shape index (κ1) is 26.8. The van der Waals surface area contributed by atoms with Crippen molar-refractivity contribution in [2.24, 2.45) is 7.05 Å². The molecule has 9 nitrogen and oxygen atoms in total. The Labute approximate surface area is 214 Å². The van der Waals surface area contributed by atoms with Crippen LogP contribution in [0.4, 0.5) is 8.78 Å². The molecule has 1 saturated carbocycles. The van der Waals surface area contributed by atoms with Gasteiger partial charge in [0.05, 0.1) is 24.0 Å². The monoisotopic (exact) mass is 545 g/mol. The van der Waals surface area contributed by atoms with E-state index in [-0.39, 0.29) is 60.9 Å². The third kappa shape index (κ3) is 5.36. The molecule has 1 aliphatic carbocycles. The minimum absolute atomic E-state index is 0.0218. The molecule has 0 unspecified atom stereocenters. The largest absolute Gasteiger partial charge is 0.496 e. The van der Waals surface area contributed by atoms with Gasteiger partial charge in [0.1, 0.15) is 5.75 Å². The topological polar surface area (TPSA) is 96.8 Å². The van der Waals surface area contributed by atoms with Gasteiger partial charge in [0.25, 0.3) is 15.9 Å². The number of hydrogen-bond acceptors (Lipinski definition) is 6. The normalized spacial score (nSPS) is 20.7. The Balaban J connectivity index is 1.50. The van der Waals surface area contributed by atoms with E-state index in [0.29, 0.717) is 18.8 Å². The van der Waals surface area contributed by atoms with Crippen molar-refractivity contribution in [3.05, 3.63) is 41.3 Å². The summed E-state index contributed by atoms with van der Waals surface area (Å²) in [6.07, 6.45) is 2.62. The number of benzene rings is 1. The number of aromatic nitrogens is 2. The van der Waals surface area contributed by atoms with Gasteiger partial charge in [-0.05, 0) is 25.0 Å². The van der Waals surface area contributed by atoms with Crippen molar-refractivity contribution in [1.82, 2.24) is 24.1 Å². The highest BCUT2D eigenvalue weighted by Crippen LogP contribution is 2.42. The quantitative estimate of drug-likeness (QED) is 0.575. The number of piperazine rings is 1. The number of methoxy groups -OCH3 is 1. The second-order valence-electron chi connectivity index (χ2n) is 9.35. The summed E-state index contributed by atoms with van der Waals surface area (Å²) in [5, 5.41) is 3.09. The molecule has 36 heavy (non-hydrogen) atoms. The van der Waals surface area contributed by atoms with Crippen molar-refractivity contribution in [1.29, 1.82) is 0 Å².